The molecule has 5 nitrogen and oxygen atoms in total. The van der Waals surface area contributed by atoms with Crippen LogP contribution in [0.5, 0.6) is 0 Å². The van der Waals surface area contributed by atoms with Crippen molar-refractivity contribution < 1.29 is 8.42 Å². The van der Waals surface area contributed by atoms with Crippen molar-refractivity contribution in [3.05, 3.63) is 36.5 Å². The van der Waals surface area contributed by atoms with E-state index in [-0.39, 0.29) is 18.1 Å². The molecule has 1 aromatic carbocycles. The fourth-order valence-corrected chi connectivity index (χ4v) is 3.05. The highest BCUT2D eigenvalue weighted by molar-refractivity contribution is 7.89. The molecule has 1 heterocycles. The lowest BCUT2D eigenvalue weighted by Gasteiger charge is -2.16. The van der Waals surface area contributed by atoms with Crippen LogP contribution in [0.2, 0.25) is 0 Å². The van der Waals surface area contributed by atoms with Crippen LogP contribution >= 0.6 is 0 Å². The number of rotatable bonds is 4. The number of pyridine rings is 1. The molecule has 0 bridgehead atoms. The van der Waals surface area contributed by atoms with E-state index in [1.54, 1.807) is 18.2 Å². The first-order chi connectivity index (χ1) is 8.57. The molecule has 6 heteroatoms. The molecular weight excluding hydrogens is 250 g/mol. The van der Waals surface area contributed by atoms with Gasteiger partial charge in [-0.1, -0.05) is 24.3 Å². The minimum atomic E-state index is -3.59. The molecule has 0 atom stereocenters. The Morgan fingerprint density at radius 3 is 2.72 bits per heavy atom. The van der Waals surface area contributed by atoms with Crippen LogP contribution in [0.15, 0.2) is 41.6 Å². The molecule has 0 unspecified atom stereocenters. The SMILES string of the molecule is CN(CCN)S(=O)(=O)c1nccc2ccccc12. The van der Waals surface area contributed by atoms with Gasteiger partial charge in [0.2, 0.25) is 0 Å². The third-order valence-corrected chi connectivity index (χ3v) is 4.55. The number of nitrogens with two attached hydrogens (primary N) is 1. The van der Waals surface area contributed by atoms with Crippen LogP contribution in [0, 0.1) is 0 Å². The van der Waals surface area contributed by atoms with Crippen molar-refractivity contribution in [2.45, 2.75) is 5.03 Å². The number of hydrogen-bond acceptors (Lipinski definition) is 4. The molecule has 0 spiro atoms. The third kappa shape index (κ3) is 2.22. The molecule has 0 saturated carbocycles. The largest absolute Gasteiger partial charge is 0.329 e. The highest BCUT2D eigenvalue weighted by Crippen LogP contribution is 2.22. The first-order valence-corrected chi connectivity index (χ1v) is 7.01. The van der Waals surface area contributed by atoms with Crippen molar-refractivity contribution in [1.29, 1.82) is 0 Å². The van der Waals surface area contributed by atoms with Gasteiger partial charge in [0.15, 0.2) is 5.03 Å². The van der Waals surface area contributed by atoms with E-state index in [0.717, 1.165) is 5.39 Å². The van der Waals surface area contributed by atoms with Crippen molar-refractivity contribution in [2.24, 2.45) is 5.73 Å². The summed E-state index contributed by atoms with van der Waals surface area (Å²) in [5.74, 6) is 0. The van der Waals surface area contributed by atoms with E-state index in [1.165, 1.54) is 17.5 Å². The van der Waals surface area contributed by atoms with Gasteiger partial charge >= 0.3 is 0 Å². The minimum Gasteiger partial charge on any atom is -0.329 e. The summed E-state index contributed by atoms with van der Waals surface area (Å²) in [6, 6.07) is 9.07. The standard InChI is InChI=1S/C12H15N3O2S/c1-15(9-7-13)18(16,17)12-11-5-3-2-4-10(11)6-8-14-12/h2-6,8H,7,9,13H2,1H3. The smallest absolute Gasteiger partial charge is 0.260 e. The second-order valence-electron chi connectivity index (χ2n) is 3.95. The number of sulfonamides is 1. The summed E-state index contributed by atoms with van der Waals surface area (Å²) >= 11 is 0. The summed E-state index contributed by atoms with van der Waals surface area (Å²) < 4.78 is 25.9. The molecule has 1 aromatic heterocycles. The highest BCUT2D eigenvalue weighted by Gasteiger charge is 2.23. The Morgan fingerprint density at radius 2 is 2.00 bits per heavy atom. The van der Waals surface area contributed by atoms with Crippen molar-refractivity contribution in [3.8, 4) is 0 Å². The lowest BCUT2D eigenvalue weighted by atomic mass is 10.2. The maximum atomic E-state index is 12.3. The summed E-state index contributed by atoms with van der Waals surface area (Å²) in [5.41, 5.74) is 5.39. The summed E-state index contributed by atoms with van der Waals surface area (Å²) in [4.78, 5) is 4.01. The molecule has 0 fully saturated rings. The van der Waals surface area contributed by atoms with Crippen LogP contribution < -0.4 is 5.73 Å². The zero-order chi connectivity index (χ0) is 13.2. The normalized spacial score (nSPS) is 12.2. The topological polar surface area (TPSA) is 76.3 Å². The number of hydrogen-bond donors (Lipinski definition) is 1. The number of likely N-dealkylation sites (N-methyl/N-ethyl adjacent to an activating group) is 1. The number of benzene rings is 1. The minimum absolute atomic E-state index is 0.0801. The van der Waals surface area contributed by atoms with Gasteiger partial charge in [0.25, 0.3) is 10.0 Å². The van der Waals surface area contributed by atoms with E-state index in [9.17, 15) is 8.42 Å². The first kappa shape index (κ1) is 12.9. The lowest BCUT2D eigenvalue weighted by Crippen LogP contribution is -2.32. The first-order valence-electron chi connectivity index (χ1n) is 5.57. The third-order valence-electron chi connectivity index (χ3n) is 2.74. The average Bonchev–Trinajstić information content (AvgIpc) is 2.38. The molecule has 2 aromatic rings. The number of fused-ring (bicyclic) bond motifs is 1. The molecule has 0 amide bonds. The van der Waals surface area contributed by atoms with E-state index in [1.807, 2.05) is 12.1 Å². The predicted octanol–water partition coefficient (Wildman–Crippen LogP) is 0.814. The van der Waals surface area contributed by atoms with Gasteiger partial charge in [0.05, 0.1) is 0 Å². The van der Waals surface area contributed by atoms with E-state index in [2.05, 4.69) is 4.98 Å². The average molecular weight is 265 g/mol. The predicted molar refractivity (Wildman–Crippen MR) is 70.6 cm³/mol. The summed E-state index contributed by atoms with van der Waals surface area (Å²) in [6.45, 7) is 0.549. The Balaban J connectivity index is 2.61. The van der Waals surface area contributed by atoms with Crippen LogP contribution in [0.25, 0.3) is 10.8 Å². The van der Waals surface area contributed by atoms with Gasteiger partial charge in [-0.3, -0.25) is 0 Å². The molecule has 0 aliphatic rings. The maximum Gasteiger partial charge on any atom is 0.260 e. The fraction of sp³-hybridized carbons (Fsp3) is 0.250. The second kappa shape index (κ2) is 5.01. The fourth-order valence-electron chi connectivity index (χ4n) is 1.75. The quantitative estimate of drug-likeness (QED) is 0.887. The van der Waals surface area contributed by atoms with Gasteiger partial charge in [-0.05, 0) is 11.5 Å². The molecule has 0 aliphatic heterocycles. The molecular formula is C12H15N3O2S. The number of aromatic nitrogens is 1. The van der Waals surface area contributed by atoms with Crippen molar-refractivity contribution in [1.82, 2.24) is 9.29 Å². The molecule has 96 valence electrons. The number of nitrogens with zero attached hydrogens (tertiary/aromatic N) is 2. The summed E-state index contributed by atoms with van der Waals surface area (Å²) in [7, 11) is -2.08. The monoisotopic (exact) mass is 265 g/mol. The molecule has 2 N–H and O–H groups in total. The van der Waals surface area contributed by atoms with Gasteiger partial charge < -0.3 is 5.73 Å². The Bertz CT molecular complexity index is 650. The van der Waals surface area contributed by atoms with E-state index in [0.29, 0.717) is 5.39 Å². The summed E-state index contributed by atoms with van der Waals surface area (Å²) in [5, 5.41) is 1.56. The van der Waals surface area contributed by atoms with Crippen LogP contribution in [0.1, 0.15) is 0 Å². The zero-order valence-corrected chi connectivity index (χ0v) is 10.9. The Kier molecular flexibility index (Phi) is 3.60. The molecule has 2 rings (SSSR count). The van der Waals surface area contributed by atoms with Crippen molar-refractivity contribution in [2.75, 3.05) is 20.1 Å². The lowest BCUT2D eigenvalue weighted by molar-refractivity contribution is 0.474. The van der Waals surface area contributed by atoms with Crippen LogP contribution in [0.4, 0.5) is 0 Å². The van der Waals surface area contributed by atoms with Crippen molar-refractivity contribution in [3.63, 3.8) is 0 Å². The Hall–Kier alpha value is -1.50. The van der Waals surface area contributed by atoms with Crippen molar-refractivity contribution >= 4 is 20.8 Å². The van der Waals surface area contributed by atoms with Crippen LogP contribution in [-0.4, -0.2) is 37.8 Å². The second-order valence-corrected chi connectivity index (χ2v) is 5.91. The van der Waals surface area contributed by atoms with Crippen LogP contribution in [0.3, 0.4) is 0 Å². The van der Waals surface area contributed by atoms with Crippen LogP contribution in [-0.2, 0) is 10.0 Å². The maximum absolute atomic E-state index is 12.3. The Morgan fingerprint density at radius 1 is 1.28 bits per heavy atom. The van der Waals surface area contributed by atoms with Gasteiger partial charge in [-0.2, -0.15) is 4.31 Å². The van der Waals surface area contributed by atoms with Gasteiger partial charge in [-0.25, -0.2) is 13.4 Å². The molecule has 0 aliphatic carbocycles. The van der Waals surface area contributed by atoms with Gasteiger partial charge in [0.1, 0.15) is 0 Å². The highest BCUT2D eigenvalue weighted by atomic mass is 32.2. The van der Waals surface area contributed by atoms with E-state index in [4.69, 9.17) is 5.73 Å². The molecule has 18 heavy (non-hydrogen) atoms. The van der Waals surface area contributed by atoms with E-state index < -0.39 is 10.0 Å². The van der Waals surface area contributed by atoms with Gasteiger partial charge in [-0.15, -0.1) is 0 Å². The van der Waals surface area contributed by atoms with E-state index >= 15 is 0 Å². The van der Waals surface area contributed by atoms with Gasteiger partial charge in [0, 0.05) is 31.7 Å². The molecule has 0 radical (unpaired) electrons. The molecule has 0 saturated heterocycles. The Labute approximate surface area is 106 Å². The summed E-state index contributed by atoms with van der Waals surface area (Å²) in [6.07, 6.45) is 1.51. The zero-order valence-electron chi connectivity index (χ0n) is 10.1.